The van der Waals surface area contributed by atoms with Crippen LogP contribution < -0.4 is 5.32 Å². The first-order valence-electron chi connectivity index (χ1n) is 6.90. The van der Waals surface area contributed by atoms with Gasteiger partial charge in [-0.3, -0.25) is 9.78 Å². The fourth-order valence-electron chi connectivity index (χ4n) is 2.31. The lowest BCUT2D eigenvalue weighted by Crippen LogP contribution is -2.20. The molecule has 0 spiro atoms. The van der Waals surface area contributed by atoms with Crippen molar-refractivity contribution in [1.29, 1.82) is 0 Å². The lowest BCUT2D eigenvalue weighted by Gasteiger charge is -2.06. The van der Waals surface area contributed by atoms with Crippen LogP contribution in [0.1, 0.15) is 24.8 Å². The molecule has 1 N–H and O–H groups in total. The molecule has 0 bridgehead atoms. The third kappa shape index (κ3) is 3.18. The number of carbonyl (C=O) groups is 1. The maximum absolute atomic E-state index is 12.0. The summed E-state index contributed by atoms with van der Waals surface area (Å²) in [7, 11) is 0. The molecule has 1 aromatic carbocycles. The molecule has 0 unspecified atom stereocenters. The predicted octanol–water partition coefficient (Wildman–Crippen LogP) is 2.49. The second-order valence-electron chi connectivity index (χ2n) is 5.18. The van der Waals surface area contributed by atoms with Crippen LogP contribution in [-0.2, 0) is 11.2 Å². The molecule has 0 saturated heterocycles. The first kappa shape index (κ1) is 12.3. The van der Waals surface area contributed by atoms with E-state index in [0.717, 1.165) is 23.0 Å². The molecule has 0 radical (unpaired) electrons. The molecule has 1 fully saturated rings. The normalized spacial score (nSPS) is 14.7. The van der Waals surface area contributed by atoms with E-state index >= 15 is 0 Å². The van der Waals surface area contributed by atoms with Crippen molar-refractivity contribution in [2.45, 2.75) is 31.7 Å². The van der Waals surface area contributed by atoms with Crippen LogP contribution in [-0.4, -0.2) is 23.4 Å². The zero-order chi connectivity index (χ0) is 13.1. The molecule has 0 atom stereocenters. The zero-order valence-electron chi connectivity index (χ0n) is 10.9. The minimum atomic E-state index is 0.296. The van der Waals surface area contributed by atoms with Crippen LogP contribution in [0.4, 0.5) is 0 Å². The van der Waals surface area contributed by atoms with Gasteiger partial charge in [0.25, 0.3) is 0 Å². The van der Waals surface area contributed by atoms with Gasteiger partial charge in [0.05, 0.1) is 5.52 Å². The fourth-order valence-corrected chi connectivity index (χ4v) is 2.31. The van der Waals surface area contributed by atoms with Crippen molar-refractivity contribution in [3.63, 3.8) is 0 Å². The fraction of sp³-hybridized carbons (Fsp3) is 0.375. The zero-order valence-corrected chi connectivity index (χ0v) is 10.9. The van der Waals surface area contributed by atoms with Gasteiger partial charge in [0, 0.05) is 37.0 Å². The van der Waals surface area contributed by atoms with E-state index in [9.17, 15) is 4.79 Å². The van der Waals surface area contributed by atoms with Crippen LogP contribution in [0.5, 0.6) is 0 Å². The van der Waals surface area contributed by atoms with Gasteiger partial charge in [-0.2, -0.15) is 0 Å². The Morgan fingerprint density at radius 2 is 2.11 bits per heavy atom. The number of para-hydroxylation sites is 1. The Hall–Kier alpha value is -1.74. The molecule has 3 rings (SSSR count). The van der Waals surface area contributed by atoms with Gasteiger partial charge in [0.2, 0.25) is 0 Å². The van der Waals surface area contributed by atoms with Crippen molar-refractivity contribution in [1.82, 2.24) is 10.3 Å². The lowest BCUT2D eigenvalue weighted by atomic mass is 10.0. The number of hydrogen-bond acceptors (Lipinski definition) is 3. The molecule has 0 amide bonds. The molecule has 1 aliphatic rings. The number of Topliss-reactive ketones (excluding diaryl/α,β-unsaturated/α-hetero) is 1. The molecule has 1 heterocycles. The van der Waals surface area contributed by atoms with E-state index in [0.29, 0.717) is 24.7 Å². The number of nitrogens with zero attached hydrogens (tertiary/aromatic N) is 1. The topological polar surface area (TPSA) is 42.0 Å². The molecule has 19 heavy (non-hydrogen) atoms. The summed E-state index contributed by atoms with van der Waals surface area (Å²) in [5.41, 5.74) is 2.05. The Labute approximate surface area is 113 Å². The van der Waals surface area contributed by atoms with Gasteiger partial charge >= 0.3 is 0 Å². The Morgan fingerprint density at radius 3 is 2.95 bits per heavy atom. The molecular formula is C16H18N2O. The third-order valence-corrected chi connectivity index (χ3v) is 3.54. The lowest BCUT2D eigenvalue weighted by molar-refractivity contribution is -0.118. The highest BCUT2D eigenvalue weighted by Gasteiger charge is 2.20. The van der Waals surface area contributed by atoms with E-state index in [1.807, 2.05) is 30.3 Å². The Bertz CT molecular complexity index is 585. The number of fused-ring (bicyclic) bond motifs is 1. The average molecular weight is 254 g/mol. The standard InChI is InChI=1S/C16H18N2O/c19-14(8-10-17-13-5-6-13)11-12-7-9-18-16-4-2-1-3-15(12)16/h1-4,7,9,13,17H,5-6,8,10-11H2. The van der Waals surface area contributed by atoms with Gasteiger partial charge in [-0.1, -0.05) is 18.2 Å². The van der Waals surface area contributed by atoms with Crippen molar-refractivity contribution in [2.24, 2.45) is 0 Å². The predicted molar refractivity (Wildman–Crippen MR) is 76.1 cm³/mol. The van der Waals surface area contributed by atoms with Gasteiger partial charge in [-0.05, 0) is 30.5 Å². The summed E-state index contributed by atoms with van der Waals surface area (Å²) in [4.78, 5) is 16.3. The Morgan fingerprint density at radius 1 is 1.26 bits per heavy atom. The van der Waals surface area contributed by atoms with Crippen molar-refractivity contribution in [3.8, 4) is 0 Å². The van der Waals surface area contributed by atoms with Crippen LogP contribution in [0.2, 0.25) is 0 Å². The van der Waals surface area contributed by atoms with E-state index in [1.54, 1.807) is 6.20 Å². The summed E-state index contributed by atoms with van der Waals surface area (Å²) in [5, 5.41) is 4.47. The number of aromatic nitrogens is 1. The van der Waals surface area contributed by atoms with Crippen LogP contribution in [0.15, 0.2) is 36.5 Å². The molecule has 0 aliphatic heterocycles. The monoisotopic (exact) mass is 254 g/mol. The largest absolute Gasteiger partial charge is 0.314 e. The number of ketones is 1. The summed E-state index contributed by atoms with van der Waals surface area (Å²) in [5.74, 6) is 0.296. The number of carbonyl (C=O) groups excluding carboxylic acids is 1. The van der Waals surface area contributed by atoms with E-state index in [-0.39, 0.29) is 0 Å². The molecule has 2 aromatic rings. The van der Waals surface area contributed by atoms with E-state index in [1.165, 1.54) is 12.8 Å². The number of hydrogen-bond donors (Lipinski definition) is 1. The number of nitrogens with one attached hydrogen (secondary N) is 1. The van der Waals surface area contributed by atoms with Crippen molar-refractivity contribution >= 4 is 16.7 Å². The molecule has 1 aromatic heterocycles. The first-order valence-corrected chi connectivity index (χ1v) is 6.90. The molecule has 98 valence electrons. The quantitative estimate of drug-likeness (QED) is 0.861. The summed E-state index contributed by atoms with van der Waals surface area (Å²) in [6.07, 6.45) is 5.45. The van der Waals surface area contributed by atoms with Crippen LogP contribution in [0, 0.1) is 0 Å². The molecule has 1 aliphatic carbocycles. The van der Waals surface area contributed by atoms with Crippen molar-refractivity contribution < 1.29 is 4.79 Å². The number of benzene rings is 1. The van der Waals surface area contributed by atoms with Crippen molar-refractivity contribution in [3.05, 3.63) is 42.1 Å². The summed E-state index contributed by atoms with van der Waals surface area (Å²) < 4.78 is 0. The minimum Gasteiger partial charge on any atom is -0.314 e. The van der Waals surface area contributed by atoms with Gasteiger partial charge in [-0.15, -0.1) is 0 Å². The maximum atomic E-state index is 12.0. The van der Waals surface area contributed by atoms with E-state index in [4.69, 9.17) is 0 Å². The van der Waals surface area contributed by atoms with Gasteiger partial charge in [0.1, 0.15) is 5.78 Å². The van der Waals surface area contributed by atoms with E-state index in [2.05, 4.69) is 10.3 Å². The number of pyridine rings is 1. The van der Waals surface area contributed by atoms with Crippen molar-refractivity contribution in [2.75, 3.05) is 6.54 Å². The molecule has 3 nitrogen and oxygen atoms in total. The second-order valence-corrected chi connectivity index (χ2v) is 5.18. The second kappa shape index (κ2) is 5.49. The SMILES string of the molecule is O=C(CCNC1CC1)Cc1ccnc2ccccc12. The third-order valence-electron chi connectivity index (χ3n) is 3.54. The van der Waals surface area contributed by atoms with Crippen LogP contribution in [0.3, 0.4) is 0 Å². The highest BCUT2D eigenvalue weighted by Crippen LogP contribution is 2.19. The summed E-state index contributed by atoms with van der Waals surface area (Å²) >= 11 is 0. The first-order chi connectivity index (χ1) is 9.33. The van der Waals surface area contributed by atoms with Gasteiger partial charge in [-0.25, -0.2) is 0 Å². The molecule has 3 heteroatoms. The van der Waals surface area contributed by atoms with Gasteiger partial charge < -0.3 is 5.32 Å². The Balaban J connectivity index is 1.64. The number of rotatable bonds is 6. The Kier molecular flexibility index (Phi) is 3.56. The maximum Gasteiger partial charge on any atom is 0.138 e. The van der Waals surface area contributed by atoms with E-state index < -0.39 is 0 Å². The highest BCUT2D eigenvalue weighted by atomic mass is 16.1. The van der Waals surface area contributed by atoms with Gasteiger partial charge in [0.15, 0.2) is 0 Å². The van der Waals surface area contributed by atoms with Crippen LogP contribution in [0.25, 0.3) is 10.9 Å². The smallest absolute Gasteiger partial charge is 0.138 e. The highest BCUT2D eigenvalue weighted by molar-refractivity contribution is 5.88. The van der Waals surface area contributed by atoms with Crippen LogP contribution >= 0.6 is 0 Å². The average Bonchev–Trinajstić information content (AvgIpc) is 3.23. The summed E-state index contributed by atoms with van der Waals surface area (Å²) in [6.45, 7) is 0.812. The minimum absolute atomic E-state index is 0.296. The molecular weight excluding hydrogens is 236 g/mol. The molecule has 1 saturated carbocycles. The summed E-state index contributed by atoms with van der Waals surface area (Å²) in [6, 6.07) is 10.6.